The van der Waals surface area contributed by atoms with E-state index in [1.807, 2.05) is 30.7 Å². The van der Waals surface area contributed by atoms with Gasteiger partial charge < -0.3 is 9.30 Å². The van der Waals surface area contributed by atoms with E-state index < -0.39 is 6.36 Å². The van der Waals surface area contributed by atoms with Gasteiger partial charge in [0, 0.05) is 46.8 Å². The summed E-state index contributed by atoms with van der Waals surface area (Å²) < 4.78 is 44.4. The van der Waals surface area contributed by atoms with Gasteiger partial charge in [-0.1, -0.05) is 0 Å². The number of pyridine rings is 1. The normalized spacial score (nSPS) is 12.1. The number of aromatic nitrogens is 4. The maximum atomic E-state index is 13.3. The highest BCUT2D eigenvalue weighted by molar-refractivity contribution is 5.94. The lowest BCUT2D eigenvalue weighted by molar-refractivity contribution is -0.274. The van der Waals surface area contributed by atoms with Gasteiger partial charge in [-0.3, -0.25) is 14.5 Å². The number of H-pyrrole nitrogens is 1. The molecular formula is C20H17F3N4O2. The average molecular weight is 402 g/mol. The zero-order valence-electron chi connectivity index (χ0n) is 15.6. The van der Waals surface area contributed by atoms with Gasteiger partial charge in [0.05, 0.1) is 6.20 Å². The van der Waals surface area contributed by atoms with Crippen LogP contribution >= 0.6 is 0 Å². The SMILES string of the molecule is CC(C)n1ccc2c(-c3cn[nH]c3)cn(-c3ccc(OC(F)(F)F)cc3)c(=O)c21. The van der Waals surface area contributed by atoms with Gasteiger partial charge >= 0.3 is 6.36 Å². The first kappa shape index (κ1) is 18.9. The fourth-order valence-corrected chi connectivity index (χ4v) is 3.32. The van der Waals surface area contributed by atoms with E-state index in [-0.39, 0.29) is 17.4 Å². The molecule has 1 aromatic carbocycles. The van der Waals surface area contributed by atoms with Gasteiger partial charge in [0.25, 0.3) is 5.56 Å². The van der Waals surface area contributed by atoms with Crippen molar-refractivity contribution >= 4 is 10.9 Å². The molecule has 4 rings (SSSR count). The molecule has 29 heavy (non-hydrogen) atoms. The van der Waals surface area contributed by atoms with Crippen molar-refractivity contribution in [2.45, 2.75) is 26.3 Å². The maximum Gasteiger partial charge on any atom is 0.573 e. The summed E-state index contributed by atoms with van der Waals surface area (Å²) >= 11 is 0. The fourth-order valence-electron chi connectivity index (χ4n) is 3.32. The Morgan fingerprint density at radius 1 is 1.14 bits per heavy atom. The zero-order valence-corrected chi connectivity index (χ0v) is 15.6. The van der Waals surface area contributed by atoms with Crippen LogP contribution < -0.4 is 10.3 Å². The molecule has 4 aromatic rings. The summed E-state index contributed by atoms with van der Waals surface area (Å²) in [6.07, 6.45) is 2.11. The molecule has 3 heterocycles. The second-order valence-electron chi connectivity index (χ2n) is 6.83. The monoisotopic (exact) mass is 402 g/mol. The van der Waals surface area contributed by atoms with Crippen LogP contribution in [0.25, 0.3) is 27.7 Å². The van der Waals surface area contributed by atoms with Crippen molar-refractivity contribution in [1.82, 2.24) is 19.3 Å². The Labute approximate surface area is 163 Å². The summed E-state index contributed by atoms with van der Waals surface area (Å²) in [6.45, 7) is 3.94. The Balaban J connectivity index is 1.92. The Bertz CT molecular complexity index is 1200. The highest BCUT2D eigenvalue weighted by Gasteiger charge is 2.31. The molecule has 0 atom stereocenters. The van der Waals surface area contributed by atoms with Crippen molar-refractivity contribution in [2.24, 2.45) is 0 Å². The molecule has 0 aliphatic heterocycles. The minimum atomic E-state index is -4.77. The van der Waals surface area contributed by atoms with Crippen LogP contribution in [0.4, 0.5) is 13.2 Å². The first-order chi connectivity index (χ1) is 13.7. The Hall–Kier alpha value is -3.49. The molecule has 0 saturated carbocycles. The molecule has 0 unspecified atom stereocenters. The first-order valence-corrected chi connectivity index (χ1v) is 8.86. The molecule has 0 saturated heterocycles. The fraction of sp³-hybridized carbons (Fsp3) is 0.200. The van der Waals surface area contributed by atoms with Crippen molar-refractivity contribution in [3.8, 4) is 22.6 Å². The second kappa shape index (κ2) is 6.84. The number of benzene rings is 1. The molecule has 0 amide bonds. The van der Waals surface area contributed by atoms with Crippen molar-refractivity contribution in [3.05, 3.63) is 65.5 Å². The number of ether oxygens (including phenoxy) is 1. The van der Waals surface area contributed by atoms with Crippen LogP contribution in [-0.4, -0.2) is 25.7 Å². The van der Waals surface area contributed by atoms with E-state index in [2.05, 4.69) is 14.9 Å². The number of aromatic amines is 1. The number of nitrogens with one attached hydrogen (secondary N) is 1. The molecule has 0 radical (unpaired) electrons. The minimum absolute atomic E-state index is 0.0517. The predicted octanol–water partition coefficient (Wildman–Crippen LogP) is 4.66. The molecule has 0 aliphatic carbocycles. The van der Waals surface area contributed by atoms with Crippen molar-refractivity contribution < 1.29 is 17.9 Å². The van der Waals surface area contributed by atoms with Crippen molar-refractivity contribution in [1.29, 1.82) is 0 Å². The Morgan fingerprint density at radius 3 is 2.45 bits per heavy atom. The lowest BCUT2D eigenvalue weighted by atomic mass is 10.1. The van der Waals surface area contributed by atoms with Crippen LogP contribution in [-0.2, 0) is 0 Å². The van der Waals surface area contributed by atoms with Crippen LogP contribution in [0.3, 0.4) is 0 Å². The molecule has 9 heteroatoms. The molecule has 0 fully saturated rings. The van der Waals surface area contributed by atoms with Crippen molar-refractivity contribution in [2.75, 3.05) is 0 Å². The van der Waals surface area contributed by atoms with Crippen molar-refractivity contribution in [3.63, 3.8) is 0 Å². The number of alkyl halides is 3. The van der Waals surface area contributed by atoms with E-state index in [9.17, 15) is 18.0 Å². The van der Waals surface area contributed by atoms with Gasteiger partial charge in [0.15, 0.2) is 0 Å². The topological polar surface area (TPSA) is 64.8 Å². The number of rotatable bonds is 4. The summed E-state index contributed by atoms with van der Waals surface area (Å²) in [5, 5.41) is 7.51. The molecule has 6 nitrogen and oxygen atoms in total. The lowest BCUT2D eigenvalue weighted by Crippen LogP contribution is -2.21. The lowest BCUT2D eigenvalue weighted by Gasteiger charge is -2.14. The first-order valence-electron chi connectivity index (χ1n) is 8.86. The number of nitrogens with zero attached hydrogens (tertiary/aromatic N) is 3. The zero-order chi connectivity index (χ0) is 20.8. The largest absolute Gasteiger partial charge is 0.573 e. The van der Waals surface area contributed by atoms with Crippen LogP contribution in [0.5, 0.6) is 5.75 Å². The number of hydrogen-bond acceptors (Lipinski definition) is 3. The smallest absolute Gasteiger partial charge is 0.406 e. The molecule has 0 bridgehead atoms. The van der Waals surface area contributed by atoms with Crippen LogP contribution in [0.2, 0.25) is 0 Å². The highest BCUT2D eigenvalue weighted by Crippen LogP contribution is 2.30. The average Bonchev–Trinajstić information content (AvgIpc) is 3.32. The number of hydrogen-bond donors (Lipinski definition) is 1. The summed E-state index contributed by atoms with van der Waals surface area (Å²) in [6, 6.07) is 7.11. The molecule has 1 N–H and O–H groups in total. The summed E-state index contributed by atoms with van der Waals surface area (Å²) in [4.78, 5) is 13.3. The van der Waals surface area contributed by atoms with Gasteiger partial charge in [0.1, 0.15) is 11.3 Å². The van der Waals surface area contributed by atoms with Gasteiger partial charge in [-0.05, 0) is 44.2 Å². The third-order valence-corrected chi connectivity index (χ3v) is 4.60. The van der Waals surface area contributed by atoms with E-state index in [0.717, 1.165) is 16.5 Å². The van der Waals surface area contributed by atoms with E-state index >= 15 is 0 Å². The maximum absolute atomic E-state index is 13.3. The van der Waals surface area contributed by atoms with Gasteiger partial charge in [-0.15, -0.1) is 13.2 Å². The standard InChI is InChI=1S/C20H17F3N4O2/c1-12(2)26-8-7-16-17(13-9-24-25-10-13)11-27(19(28)18(16)26)14-3-5-15(6-4-14)29-20(21,22)23/h3-12H,1-2H3,(H,24,25). The van der Waals surface area contributed by atoms with Crippen LogP contribution in [0.1, 0.15) is 19.9 Å². The van der Waals surface area contributed by atoms with Gasteiger partial charge in [-0.25, -0.2) is 0 Å². The minimum Gasteiger partial charge on any atom is -0.406 e. The van der Waals surface area contributed by atoms with Crippen LogP contribution in [0, 0.1) is 0 Å². The second-order valence-corrected chi connectivity index (χ2v) is 6.83. The molecule has 150 valence electrons. The van der Waals surface area contributed by atoms with E-state index in [4.69, 9.17) is 0 Å². The quantitative estimate of drug-likeness (QED) is 0.540. The van der Waals surface area contributed by atoms with Gasteiger partial charge in [-0.2, -0.15) is 5.10 Å². The summed E-state index contributed by atoms with van der Waals surface area (Å²) in [5.74, 6) is -0.351. The molecule has 0 aliphatic rings. The molecular weight excluding hydrogens is 385 g/mol. The van der Waals surface area contributed by atoms with E-state index in [1.165, 1.54) is 28.8 Å². The van der Waals surface area contributed by atoms with Crippen LogP contribution in [0.15, 0.2) is 59.9 Å². The Kier molecular flexibility index (Phi) is 4.45. The highest BCUT2D eigenvalue weighted by atomic mass is 19.4. The Morgan fingerprint density at radius 2 is 1.86 bits per heavy atom. The molecule has 3 aromatic heterocycles. The van der Waals surface area contributed by atoms with Gasteiger partial charge in [0.2, 0.25) is 0 Å². The summed E-state index contributed by atoms with van der Waals surface area (Å²) in [5.41, 5.74) is 2.24. The third-order valence-electron chi connectivity index (χ3n) is 4.60. The predicted molar refractivity (Wildman–Crippen MR) is 102 cm³/mol. The third kappa shape index (κ3) is 3.51. The van der Waals surface area contributed by atoms with E-state index in [1.54, 1.807) is 18.6 Å². The summed E-state index contributed by atoms with van der Waals surface area (Å²) in [7, 11) is 0. The number of fused-ring (bicyclic) bond motifs is 1. The number of halogens is 3. The van der Waals surface area contributed by atoms with E-state index in [0.29, 0.717) is 11.2 Å². The molecule has 0 spiro atoms.